The number of rotatable bonds is 5. The SMILES string of the molecule is CCOC(=O)c1sc2nc(COC(=O)c3cccc(Br)c3)nc(N)c2c1C. The van der Waals surface area contributed by atoms with Crippen molar-refractivity contribution in [3.05, 3.63) is 50.6 Å². The molecule has 0 fully saturated rings. The van der Waals surface area contributed by atoms with Gasteiger partial charge < -0.3 is 15.2 Å². The number of nitrogens with two attached hydrogens (primary N) is 1. The number of anilines is 1. The Morgan fingerprint density at radius 3 is 2.70 bits per heavy atom. The Hall–Kier alpha value is -2.52. The van der Waals surface area contributed by atoms with Gasteiger partial charge in [-0.05, 0) is 37.6 Å². The average molecular weight is 450 g/mol. The summed E-state index contributed by atoms with van der Waals surface area (Å²) in [6, 6.07) is 6.87. The lowest BCUT2D eigenvalue weighted by molar-refractivity contribution is 0.0461. The Balaban J connectivity index is 1.83. The van der Waals surface area contributed by atoms with Crippen LogP contribution in [-0.4, -0.2) is 28.5 Å². The number of hydrogen-bond acceptors (Lipinski definition) is 8. The average Bonchev–Trinajstić information content (AvgIpc) is 2.97. The highest BCUT2D eigenvalue weighted by Crippen LogP contribution is 2.33. The van der Waals surface area contributed by atoms with E-state index in [4.69, 9.17) is 15.2 Å². The minimum atomic E-state index is -0.492. The third kappa shape index (κ3) is 4.09. The van der Waals surface area contributed by atoms with E-state index >= 15 is 0 Å². The maximum atomic E-state index is 12.1. The molecule has 0 atom stereocenters. The van der Waals surface area contributed by atoms with Crippen molar-refractivity contribution in [2.75, 3.05) is 12.3 Å². The van der Waals surface area contributed by atoms with Crippen molar-refractivity contribution in [3.8, 4) is 0 Å². The number of ether oxygens (including phenoxy) is 2. The maximum absolute atomic E-state index is 12.1. The van der Waals surface area contributed by atoms with Gasteiger partial charge in [0.05, 0.1) is 17.6 Å². The van der Waals surface area contributed by atoms with Gasteiger partial charge in [0.15, 0.2) is 12.4 Å². The highest BCUT2D eigenvalue weighted by atomic mass is 79.9. The molecule has 0 saturated carbocycles. The number of esters is 2. The number of carbonyl (C=O) groups is 2. The predicted molar refractivity (Wildman–Crippen MR) is 106 cm³/mol. The monoisotopic (exact) mass is 449 g/mol. The van der Waals surface area contributed by atoms with Crippen molar-refractivity contribution >= 4 is 55.2 Å². The standard InChI is InChI=1S/C18H16BrN3O4S/c1-3-25-18(24)14-9(2)13-15(20)21-12(22-16(13)27-14)8-26-17(23)10-5-4-6-11(19)7-10/h4-7H,3,8H2,1-2H3,(H2,20,21,22). The molecule has 9 heteroatoms. The number of carbonyl (C=O) groups excluding carboxylic acids is 2. The second-order valence-corrected chi connectivity index (χ2v) is 7.48. The fourth-order valence-corrected chi connectivity index (χ4v) is 4.00. The Kier molecular flexibility index (Phi) is 5.71. The lowest BCUT2D eigenvalue weighted by atomic mass is 10.2. The third-order valence-electron chi connectivity index (χ3n) is 3.72. The van der Waals surface area contributed by atoms with Crippen LogP contribution in [0.1, 0.15) is 38.3 Å². The van der Waals surface area contributed by atoms with Crippen LogP contribution in [0.3, 0.4) is 0 Å². The van der Waals surface area contributed by atoms with Crippen molar-refractivity contribution in [2.24, 2.45) is 0 Å². The van der Waals surface area contributed by atoms with E-state index in [-0.39, 0.29) is 24.9 Å². The van der Waals surface area contributed by atoms with Crippen LogP contribution >= 0.6 is 27.3 Å². The van der Waals surface area contributed by atoms with E-state index in [0.29, 0.717) is 26.2 Å². The molecular formula is C18H16BrN3O4S. The van der Waals surface area contributed by atoms with Crippen LogP contribution in [0.2, 0.25) is 0 Å². The summed E-state index contributed by atoms with van der Waals surface area (Å²) in [7, 11) is 0. The molecule has 3 aromatic rings. The minimum Gasteiger partial charge on any atom is -0.462 e. The van der Waals surface area contributed by atoms with Crippen LogP contribution in [0.25, 0.3) is 10.2 Å². The summed E-state index contributed by atoms with van der Waals surface area (Å²) < 4.78 is 11.1. The van der Waals surface area contributed by atoms with Gasteiger partial charge in [0.1, 0.15) is 15.5 Å². The van der Waals surface area contributed by atoms with Gasteiger partial charge in [-0.1, -0.05) is 22.0 Å². The molecule has 2 heterocycles. The highest BCUT2D eigenvalue weighted by molar-refractivity contribution is 9.10. The molecule has 0 aliphatic carbocycles. The van der Waals surface area contributed by atoms with E-state index in [2.05, 4.69) is 25.9 Å². The van der Waals surface area contributed by atoms with E-state index < -0.39 is 11.9 Å². The van der Waals surface area contributed by atoms with Gasteiger partial charge in [-0.3, -0.25) is 0 Å². The topological polar surface area (TPSA) is 104 Å². The fraction of sp³-hybridized carbons (Fsp3) is 0.222. The lowest BCUT2D eigenvalue weighted by Crippen LogP contribution is -2.08. The molecule has 0 saturated heterocycles. The summed E-state index contributed by atoms with van der Waals surface area (Å²) in [6.45, 7) is 3.67. The number of halogens is 1. The molecule has 0 aliphatic rings. The number of hydrogen-bond donors (Lipinski definition) is 1. The van der Waals surface area contributed by atoms with E-state index in [0.717, 1.165) is 4.47 Å². The van der Waals surface area contributed by atoms with Gasteiger partial charge in [0, 0.05) is 4.47 Å². The summed E-state index contributed by atoms with van der Waals surface area (Å²) in [6.07, 6.45) is 0. The molecule has 0 radical (unpaired) electrons. The second kappa shape index (κ2) is 8.01. The summed E-state index contributed by atoms with van der Waals surface area (Å²) >= 11 is 4.49. The van der Waals surface area contributed by atoms with Crippen LogP contribution in [-0.2, 0) is 16.1 Å². The van der Waals surface area contributed by atoms with Crippen LogP contribution in [0.4, 0.5) is 5.82 Å². The largest absolute Gasteiger partial charge is 0.462 e. The van der Waals surface area contributed by atoms with E-state index in [9.17, 15) is 9.59 Å². The second-order valence-electron chi connectivity index (χ2n) is 5.57. The number of nitrogen functional groups attached to an aromatic ring is 1. The normalized spacial score (nSPS) is 10.8. The number of fused-ring (bicyclic) bond motifs is 1. The van der Waals surface area contributed by atoms with Crippen molar-refractivity contribution in [1.29, 1.82) is 0 Å². The molecule has 27 heavy (non-hydrogen) atoms. The van der Waals surface area contributed by atoms with Gasteiger partial charge in [-0.15, -0.1) is 11.3 Å². The van der Waals surface area contributed by atoms with E-state index in [1.165, 1.54) is 11.3 Å². The predicted octanol–water partition coefficient (Wildman–Crippen LogP) is 3.88. The molecule has 1 aromatic carbocycles. The number of aryl methyl sites for hydroxylation is 1. The fourth-order valence-electron chi connectivity index (χ4n) is 2.50. The molecule has 3 rings (SSSR count). The first-order valence-corrected chi connectivity index (χ1v) is 9.67. The van der Waals surface area contributed by atoms with Crippen molar-refractivity contribution in [1.82, 2.24) is 9.97 Å². The number of benzene rings is 1. The Morgan fingerprint density at radius 1 is 1.22 bits per heavy atom. The molecule has 2 N–H and O–H groups in total. The van der Waals surface area contributed by atoms with E-state index in [1.807, 2.05) is 6.07 Å². The summed E-state index contributed by atoms with van der Waals surface area (Å²) in [5.74, 6) is -0.411. The third-order valence-corrected chi connectivity index (χ3v) is 5.38. The van der Waals surface area contributed by atoms with Gasteiger partial charge in [-0.2, -0.15) is 0 Å². The quantitative estimate of drug-likeness (QED) is 0.589. The first-order valence-electron chi connectivity index (χ1n) is 8.06. The molecule has 0 bridgehead atoms. The summed E-state index contributed by atoms with van der Waals surface area (Å²) in [5, 5.41) is 0.616. The summed E-state index contributed by atoms with van der Waals surface area (Å²) in [4.78, 5) is 33.8. The minimum absolute atomic E-state index is 0.128. The van der Waals surface area contributed by atoms with Crippen LogP contribution in [0.15, 0.2) is 28.7 Å². The summed E-state index contributed by atoms with van der Waals surface area (Å²) in [5.41, 5.74) is 7.14. The maximum Gasteiger partial charge on any atom is 0.348 e. The Labute approximate surface area is 167 Å². The van der Waals surface area contributed by atoms with Crippen molar-refractivity contribution < 1.29 is 19.1 Å². The van der Waals surface area contributed by atoms with Gasteiger partial charge in [-0.25, -0.2) is 19.6 Å². The molecular weight excluding hydrogens is 434 g/mol. The molecule has 0 unspecified atom stereocenters. The Bertz CT molecular complexity index is 1030. The first-order chi connectivity index (χ1) is 12.9. The van der Waals surface area contributed by atoms with Gasteiger partial charge in [0.2, 0.25) is 0 Å². The number of nitrogens with zero attached hydrogens (tertiary/aromatic N) is 2. The molecule has 0 aliphatic heterocycles. The molecule has 7 nitrogen and oxygen atoms in total. The molecule has 2 aromatic heterocycles. The number of aromatic nitrogens is 2. The van der Waals surface area contributed by atoms with Crippen LogP contribution < -0.4 is 5.73 Å². The zero-order chi connectivity index (χ0) is 19.6. The van der Waals surface area contributed by atoms with Gasteiger partial charge >= 0.3 is 11.9 Å². The van der Waals surface area contributed by atoms with E-state index in [1.54, 1.807) is 32.0 Å². The molecule has 0 spiro atoms. The zero-order valence-corrected chi connectivity index (χ0v) is 17.0. The highest BCUT2D eigenvalue weighted by Gasteiger charge is 2.21. The van der Waals surface area contributed by atoms with Crippen LogP contribution in [0.5, 0.6) is 0 Å². The molecule has 0 amide bonds. The Morgan fingerprint density at radius 2 is 2.00 bits per heavy atom. The lowest BCUT2D eigenvalue weighted by Gasteiger charge is -2.06. The smallest absolute Gasteiger partial charge is 0.348 e. The van der Waals surface area contributed by atoms with Crippen LogP contribution in [0, 0.1) is 6.92 Å². The van der Waals surface area contributed by atoms with Crippen molar-refractivity contribution in [3.63, 3.8) is 0 Å². The molecule has 140 valence electrons. The van der Waals surface area contributed by atoms with Crippen molar-refractivity contribution in [2.45, 2.75) is 20.5 Å². The first kappa shape index (κ1) is 19.2. The zero-order valence-electron chi connectivity index (χ0n) is 14.6. The number of thiophene rings is 1. The van der Waals surface area contributed by atoms with Gasteiger partial charge in [0.25, 0.3) is 0 Å².